The Bertz CT molecular complexity index is 4570. The van der Waals surface area contributed by atoms with Crippen molar-refractivity contribution in [3.05, 3.63) is 261 Å². The van der Waals surface area contributed by atoms with E-state index >= 15 is 0 Å². The third kappa shape index (κ3) is 6.66. The molecule has 11 aromatic rings. The molecule has 0 bridgehead atoms. The number of fused-ring (bicyclic) bond motifs is 22. The van der Waals surface area contributed by atoms with Crippen LogP contribution < -0.4 is 26.4 Å². The van der Waals surface area contributed by atoms with Crippen molar-refractivity contribution in [3.8, 4) is 22.3 Å². The second kappa shape index (κ2) is 16.8. The van der Waals surface area contributed by atoms with Crippen LogP contribution in [0.4, 0.5) is 34.1 Å². The van der Waals surface area contributed by atoms with Crippen LogP contribution in [-0.4, -0.2) is 11.7 Å². The Morgan fingerprint density at radius 2 is 0.929 bits per heavy atom. The fourth-order valence-corrected chi connectivity index (χ4v) is 15.6. The highest BCUT2D eigenvalue weighted by molar-refractivity contribution is 7.00. The maximum absolute atomic E-state index is 7.96. The summed E-state index contributed by atoms with van der Waals surface area (Å²) in [6.07, 6.45) is 4.01. The van der Waals surface area contributed by atoms with E-state index < -0.39 is 10.8 Å². The SMILES string of the molecule is Cc1cc2c(o1)C1(c3cnccc3-2)c2ccccc2C2(c3ccccc3-c3cc4c5c(oc4cc32)B2c3ccc(C(C)(C)C)cc3N(c3ccc(C(C)(C)C)cc3)c3cc(C(C)(C)C)cc(c32)N5c2ccc(C(C)(C)C)cc2)c2ccccc21. The van der Waals surface area contributed by atoms with Gasteiger partial charge in [-0.15, -0.1) is 0 Å². The van der Waals surface area contributed by atoms with Crippen LogP contribution in [0.2, 0.25) is 0 Å². The van der Waals surface area contributed by atoms with Crippen molar-refractivity contribution in [1.29, 1.82) is 0 Å². The van der Waals surface area contributed by atoms with Gasteiger partial charge < -0.3 is 18.6 Å². The Labute approximate surface area is 495 Å². The van der Waals surface area contributed by atoms with Crippen molar-refractivity contribution in [1.82, 2.24) is 4.98 Å². The first-order valence-electron chi connectivity index (χ1n) is 30.2. The van der Waals surface area contributed by atoms with E-state index in [1.165, 1.54) is 100 Å². The minimum Gasteiger partial charge on any atom is -0.468 e. The van der Waals surface area contributed by atoms with E-state index in [2.05, 4.69) is 282 Å². The monoisotopic (exact) mass is 1090 g/mol. The molecule has 5 aliphatic rings. The number of nitrogens with zero attached hydrogens (tertiary/aromatic N) is 3. The molecule has 412 valence electrons. The van der Waals surface area contributed by atoms with Crippen molar-refractivity contribution in [3.63, 3.8) is 0 Å². The third-order valence-electron chi connectivity index (χ3n) is 19.7. The molecule has 6 heteroatoms. The molecular formula is C78H70BN3O2. The number of benzene rings is 8. The van der Waals surface area contributed by atoms with Crippen LogP contribution in [-0.2, 0) is 32.5 Å². The Morgan fingerprint density at radius 1 is 0.417 bits per heavy atom. The zero-order chi connectivity index (χ0) is 57.9. The van der Waals surface area contributed by atoms with Crippen molar-refractivity contribution in [2.45, 2.75) is 122 Å². The molecule has 0 amide bonds. The maximum atomic E-state index is 7.96. The van der Waals surface area contributed by atoms with Gasteiger partial charge in [-0.25, -0.2) is 0 Å². The van der Waals surface area contributed by atoms with Gasteiger partial charge in [0.25, 0.3) is 6.71 Å². The van der Waals surface area contributed by atoms with E-state index in [-0.39, 0.29) is 28.4 Å². The molecule has 5 nitrogen and oxygen atoms in total. The van der Waals surface area contributed by atoms with Crippen LogP contribution >= 0.6 is 0 Å². The zero-order valence-corrected chi connectivity index (χ0v) is 50.6. The van der Waals surface area contributed by atoms with Gasteiger partial charge in [0.1, 0.15) is 22.5 Å². The summed E-state index contributed by atoms with van der Waals surface area (Å²) in [4.78, 5) is 10.0. The average molecular weight is 1090 g/mol. The summed E-state index contributed by atoms with van der Waals surface area (Å²) in [7, 11) is 0. The highest BCUT2D eigenvalue weighted by atomic mass is 16.3. The molecular weight excluding hydrogens is 1020 g/mol. The smallest absolute Gasteiger partial charge is 0.297 e. The van der Waals surface area contributed by atoms with E-state index in [0.717, 1.165) is 56.3 Å². The molecule has 3 aromatic heterocycles. The number of aromatic nitrogens is 1. The quantitative estimate of drug-likeness (QED) is 0.161. The lowest BCUT2D eigenvalue weighted by Gasteiger charge is -2.47. The Balaban J connectivity index is 1.01. The molecule has 0 radical (unpaired) electrons. The molecule has 0 unspecified atom stereocenters. The van der Waals surface area contributed by atoms with Gasteiger partial charge >= 0.3 is 0 Å². The summed E-state index contributed by atoms with van der Waals surface area (Å²) in [5.41, 5.74) is 27.9. The number of furan rings is 2. The number of pyridine rings is 1. The van der Waals surface area contributed by atoms with Crippen LogP contribution in [0.15, 0.2) is 197 Å². The van der Waals surface area contributed by atoms with Gasteiger partial charge in [0.15, 0.2) is 0 Å². The molecule has 84 heavy (non-hydrogen) atoms. The van der Waals surface area contributed by atoms with Gasteiger partial charge in [0, 0.05) is 57.3 Å². The predicted octanol–water partition coefficient (Wildman–Crippen LogP) is 18.0. The minimum absolute atomic E-state index is 0.00581. The van der Waals surface area contributed by atoms with Crippen LogP contribution in [0.25, 0.3) is 33.2 Å². The van der Waals surface area contributed by atoms with Gasteiger partial charge in [0.05, 0.1) is 16.8 Å². The highest BCUT2D eigenvalue weighted by Gasteiger charge is 2.61. The van der Waals surface area contributed by atoms with Gasteiger partial charge in [-0.05, 0) is 179 Å². The predicted molar refractivity (Wildman–Crippen MR) is 348 cm³/mol. The first kappa shape index (κ1) is 51.1. The van der Waals surface area contributed by atoms with Crippen LogP contribution in [0.5, 0.6) is 0 Å². The molecule has 3 aliphatic carbocycles. The van der Waals surface area contributed by atoms with Crippen LogP contribution in [0, 0.1) is 6.92 Å². The van der Waals surface area contributed by atoms with E-state index in [4.69, 9.17) is 13.8 Å². The Kier molecular flexibility index (Phi) is 10.2. The number of hydrogen-bond donors (Lipinski definition) is 0. The summed E-state index contributed by atoms with van der Waals surface area (Å²) in [6.45, 7) is 29.7. The number of hydrogen-bond acceptors (Lipinski definition) is 5. The molecule has 8 aromatic carbocycles. The molecule has 16 rings (SSSR count). The summed E-state index contributed by atoms with van der Waals surface area (Å²) in [5.74, 6) is 1.86. The van der Waals surface area contributed by atoms with Gasteiger partial charge in [-0.1, -0.05) is 192 Å². The first-order chi connectivity index (χ1) is 40.1. The van der Waals surface area contributed by atoms with Gasteiger partial charge in [0.2, 0.25) is 0 Å². The van der Waals surface area contributed by atoms with Crippen molar-refractivity contribution < 1.29 is 8.83 Å². The average Bonchev–Trinajstić information content (AvgIpc) is 1.42. The molecule has 0 saturated carbocycles. The Hall–Kier alpha value is -8.61. The zero-order valence-electron chi connectivity index (χ0n) is 50.6. The second-order valence-electron chi connectivity index (χ2n) is 28.8. The van der Waals surface area contributed by atoms with Gasteiger partial charge in [-0.3, -0.25) is 4.98 Å². The lowest BCUT2D eigenvalue weighted by atomic mass is 9.35. The topological polar surface area (TPSA) is 45.7 Å². The van der Waals surface area contributed by atoms with Crippen LogP contribution in [0.1, 0.15) is 156 Å². The number of rotatable bonds is 2. The highest BCUT2D eigenvalue weighted by Crippen LogP contribution is 2.68. The van der Waals surface area contributed by atoms with Crippen molar-refractivity contribution >= 4 is 68.4 Å². The Morgan fingerprint density at radius 3 is 1.52 bits per heavy atom. The maximum Gasteiger partial charge on any atom is 0.297 e. The summed E-state index contributed by atoms with van der Waals surface area (Å²) in [6, 6.07) is 67.9. The third-order valence-corrected chi connectivity index (χ3v) is 19.7. The van der Waals surface area contributed by atoms with Crippen LogP contribution in [0.3, 0.4) is 0 Å². The molecule has 2 aliphatic heterocycles. The van der Waals surface area contributed by atoms with Gasteiger partial charge in [-0.2, -0.15) is 0 Å². The lowest BCUT2D eigenvalue weighted by molar-refractivity contribution is 0.438. The van der Waals surface area contributed by atoms with E-state index in [1.807, 2.05) is 6.20 Å². The largest absolute Gasteiger partial charge is 0.468 e. The number of anilines is 6. The summed E-state index contributed by atoms with van der Waals surface area (Å²) in [5, 5.41) is 1.09. The lowest BCUT2D eigenvalue weighted by Crippen LogP contribution is -2.61. The molecule has 0 fully saturated rings. The van der Waals surface area contributed by atoms with E-state index in [1.54, 1.807) is 0 Å². The molecule has 2 spiro atoms. The summed E-state index contributed by atoms with van der Waals surface area (Å²) < 4.78 is 15.0. The summed E-state index contributed by atoms with van der Waals surface area (Å²) >= 11 is 0. The fraction of sp³-hybridized carbons (Fsp3) is 0.244. The molecule has 0 atom stereocenters. The van der Waals surface area contributed by atoms with E-state index in [9.17, 15) is 0 Å². The molecule has 5 heterocycles. The number of aryl methyl sites for hydroxylation is 1. The normalized spacial score (nSPS) is 17.8. The second-order valence-corrected chi connectivity index (χ2v) is 28.8. The minimum atomic E-state index is -0.737. The van der Waals surface area contributed by atoms with Crippen molar-refractivity contribution in [2.24, 2.45) is 0 Å². The van der Waals surface area contributed by atoms with E-state index in [0.29, 0.717) is 0 Å². The fourth-order valence-electron chi connectivity index (χ4n) is 15.6. The standard InChI is InChI=1S/C78H70BN3O2/c1-45-38-55-53-36-37-80-44-63(53)78(71(55)83-45)60-24-18-16-22-58(60)77(59-23-17-19-25-61(59)78)57-21-15-14-20-52(57)54-42-56-68(43-62(54)77)84-72-70(56)82(51-33-28-47(29-34-51)74(5,6)7)67-41-49(76(11,12)13)40-66-69(67)79(72)64-35-30-48(75(8,9)10)39-65(64)81(66)50-31-26-46(27-32-50)73(2,3)4/h14-44H,1-13H3. The molecule has 0 N–H and O–H groups in total. The van der Waals surface area contributed by atoms with Crippen molar-refractivity contribution in [2.75, 3.05) is 9.80 Å². The first-order valence-corrected chi connectivity index (χ1v) is 30.2. The molecule has 0 saturated heterocycles.